The van der Waals surface area contributed by atoms with Gasteiger partial charge in [-0.3, -0.25) is 0 Å². The van der Waals surface area contributed by atoms with Crippen molar-refractivity contribution in [1.29, 1.82) is 0 Å². The van der Waals surface area contributed by atoms with Gasteiger partial charge in [-0.25, -0.2) is 9.48 Å². The van der Waals surface area contributed by atoms with Crippen molar-refractivity contribution in [2.45, 2.75) is 6.54 Å². The largest absolute Gasteiger partial charge is 0.497 e. The zero-order valence-corrected chi connectivity index (χ0v) is 14.2. The molecule has 1 aromatic heterocycles. The fourth-order valence-corrected chi connectivity index (χ4v) is 2.32. The Morgan fingerprint density at radius 1 is 1.04 bits per heavy atom. The Hall–Kier alpha value is -3.55. The van der Waals surface area contributed by atoms with Gasteiger partial charge in [0, 0.05) is 6.07 Å². The summed E-state index contributed by atoms with van der Waals surface area (Å²) in [5.41, 5.74) is 0.629. The summed E-state index contributed by atoms with van der Waals surface area (Å²) in [5.74, 6) is 0.565. The van der Waals surface area contributed by atoms with Crippen molar-refractivity contribution in [1.82, 2.24) is 15.0 Å². The molecule has 0 radical (unpaired) electrons. The molecule has 0 unspecified atom stereocenters. The average molecular weight is 355 g/mol. The summed E-state index contributed by atoms with van der Waals surface area (Å²) in [4.78, 5) is 11.4. The zero-order chi connectivity index (χ0) is 18.5. The Kier molecular flexibility index (Phi) is 5.02. The maximum Gasteiger partial charge on any atom is 0.362 e. The van der Waals surface area contributed by atoms with E-state index in [0.29, 0.717) is 18.0 Å². The summed E-state index contributed by atoms with van der Waals surface area (Å²) in [7, 11) is 3.13. The van der Waals surface area contributed by atoms with Gasteiger partial charge in [-0.1, -0.05) is 23.4 Å². The lowest BCUT2D eigenvalue weighted by Crippen LogP contribution is -2.06. The molecular weight excluding hydrogens is 338 g/mol. The van der Waals surface area contributed by atoms with E-state index in [1.54, 1.807) is 31.4 Å². The lowest BCUT2D eigenvalue weighted by atomic mass is 10.2. The van der Waals surface area contributed by atoms with E-state index < -0.39 is 5.97 Å². The first-order chi connectivity index (χ1) is 12.6. The molecule has 1 N–H and O–H groups in total. The number of carboxylic acid groups (broad SMARTS) is 1. The number of nitrogens with zero attached hydrogens (tertiary/aromatic N) is 3. The summed E-state index contributed by atoms with van der Waals surface area (Å²) in [6.07, 6.45) is 0. The summed E-state index contributed by atoms with van der Waals surface area (Å²) >= 11 is 0. The molecule has 134 valence electrons. The number of hydrogen-bond donors (Lipinski definition) is 1. The van der Waals surface area contributed by atoms with Gasteiger partial charge >= 0.3 is 5.97 Å². The molecule has 0 aliphatic rings. The summed E-state index contributed by atoms with van der Waals surface area (Å²) < 4.78 is 17.4. The van der Waals surface area contributed by atoms with Crippen LogP contribution in [0.25, 0.3) is 0 Å². The first-order valence-electron chi connectivity index (χ1n) is 7.72. The fraction of sp³-hybridized carbons (Fsp3) is 0.167. The number of rotatable bonds is 7. The van der Waals surface area contributed by atoms with Crippen molar-refractivity contribution in [3.8, 4) is 23.1 Å². The van der Waals surface area contributed by atoms with Gasteiger partial charge in [0.2, 0.25) is 5.69 Å². The summed E-state index contributed by atoms with van der Waals surface area (Å²) in [6.45, 7) is 0.295. The first-order valence-corrected chi connectivity index (χ1v) is 7.72. The van der Waals surface area contributed by atoms with Crippen LogP contribution in [0.1, 0.15) is 16.1 Å². The molecule has 8 nitrogen and oxygen atoms in total. The summed E-state index contributed by atoms with van der Waals surface area (Å²) in [6, 6.07) is 14.2. The van der Waals surface area contributed by atoms with E-state index >= 15 is 0 Å². The maximum atomic E-state index is 11.4. The third kappa shape index (κ3) is 3.75. The zero-order valence-electron chi connectivity index (χ0n) is 14.2. The monoisotopic (exact) mass is 355 g/mol. The van der Waals surface area contributed by atoms with Crippen LogP contribution in [-0.4, -0.2) is 40.3 Å². The highest BCUT2D eigenvalue weighted by atomic mass is 16.5. The van der Waals surface area contributed by atoms with E-state index in [1.165, 1.54) is 11.8 Å². The molecule has 0 atom stereocenters. The van der Waals surface area contributed by atoms with Gasteiger partial charge in [-0.15, -0.1) is 5.10 Å². The van der Waals surface area contributed by atoms with E-state index in [9.17, 15) is 9.90 Å². The van der Waals surface area contributed by atoms with Crippen LogP contribution in [-0.2, 0) is 6.54 Å². The van der Waals surface area contributed by atoms with Gasteiger partial charge in [0.25, 0.3) is 5.88 Å². The molecule has 0 aliphatic heterocycles. The third-order valence-corrected chi connectivity index (χ3v) is 3.64. The van der Waals surface area contributed by atoms with Crippen molar-refractivity contribution >= 4 is 5.97 Å². The van der Waals surface area contributed by atoms with Gasteiger partial charge in [-0.2, -0.15) is 0 Å². The van der Waals surface area contributed by atoms with Crippen LogP contribution in [0.5, 0.6) is 23.1 Å². The van der Waals surface area contributed by atoms with E-state index in [-0.39, 0.29) is 11.6 Å². The second kappa shape index (κ2) is 7.56. The van der Waals surface area contributed by atoms with Crippen molar-refractivity contribution in [3.05, 3.63) is 59.8 Å². The highest BCUT2D eigenvalue weighted by molar-refractivity contribution is 5.87. The van der Waals surface area contributed by atoms with Crippen molar-refractivity contribution in [2.75, 3.05) is 14.2 Å². The Labute approximate surface area is 149 Å². The molecule has 0 spiro atoms. The molecule has 0 saturated carbocycles. The molecule has 26 heavy (non-hydrogen) atoms. The number of ether oxygens (including phenoxy) is 3. The number of methoxy groups -OCH3 is 2. The first kappa shape index (κ1) is 17.3. The number of aromatic carboxylic acids is 1. The van der Waals surface area contributed by atoms with Crippen LogP contribution >= 0.6 is 0 Å². The van der Waals surface area contributed by atoms with Crippen LogP contribution in [0.3, 0.4) is 0 Å². The predicted octanol–water partition coefficient (Wildman–Crippen LogP) is 2.83. The lowest BCUT2D eigenvalue weighted by Gasteiger charge is -2.10. The topological polar surface area (TPSA) is 95.7 Å². The molecule has 2 aromatic carbocycles. The van der Waals surface area contributed by atoms with Gasteiger partial charge in [0.1, 0.15) is 17.2 Å². The maximum absolute atomic E-state index is 11.4. The van der Waals surface area contributed by atoms with E-state index in [2.05, 4.69) is 10.3 Å². The molecule has 0 saturated heterocycles. The van der Waals surface area contributed by atoms with Gasteiger partial charge in [-0.05, 0) is 29.8 Å². The molecule has 3 rings (SSSR count). The molecule has 0 fully saturated rings. The SMILES string of the molecule is COc1ccc(Cn2nnc(C(=O)O)c2Oc2cccc(OC)c2)cc1. The van der Waals surface area contributed by atoms with E-state index in [4.69, 9.17) is 14.2 Å². The lowest BCUT2D eigenvalue weighted by molar-refractivity contribution is 0.0687. The minimum Gasteiger partial charge on any atom is -0.497 e. The van der Waals surface area contributed by atoms with Gasteiger partial charge < -0.3 is 19.3 Å². The van der Waals surface area contributed by atoms with Crippen LogP contribution in [0.4, 0.5) is 0 Å². The molecule has 0 bridgehead atoms. The standard InChI is InChI=1S/C18H17N3O5/c1-24-13-8-6-12(7-9-13)11-21-17(16(18(22)23)19-20-21)26-15-5-3-4-14(10-15)25-2/h3-10H,11H2,1-2H3,(H,22,23). The molecular formula is C18H17N3O5. The van der Waals surface area contributed by atoms with Crippen molar-refractivity contribution < 1.29 is 24.1 Å². The third-order valence-electron chi connectivity index (χ3n) is 3.64. The second-order valence-corrected chi connectivity index (χ2v) is 5.34. The fourth-order valence-electron chi connectivity index (χ4n) is 2.32. The Bertz CT molecular complexity index is 905. The Morgan fingerprint density at radius 2 is 1.73 bits per heavy atom. The Balaban J connectivity index is 1.91. The van der Waals surface area contributed by atoms with Crippen LogP contribution in [0.15, 0.2) is 48.5 Å². The normalized spacial score (nSPS) is 10.4. The highest BCUT2D eigenvalue weighted by Crippen LogP contribution is 2.27. The Morgan fingerprint density at radius 3 is 2.38 bits per heavy atom. The van der Waals surface area contributed by atoms with Crippen LogP contribution < -0.4 is 14.2 Å². The minimum atomic E-state index is -1.22. The van der Waals surface area contributed by atoms with Crippen molar-refractivity contribution in [3.63, 3.8) is 0 Å². The molecule has 1 heterocycles. The van der Waals surface area contributed by atoms with Crippen LogP contribution in [0, 0.1) is 0 Å². The highest BCUT2D eigenvalue weighted by Gasteiger charge is 2.22. The smallest absolute Gasteiger partial charge is 0.362 e. The van der Waals surface area contributed by atoms with E-state index in [1.807, 2.05) is 24.3 Å². The number of benzene rings is 2. The molecule has 0 aliphatic carbocycles. The predicted molar refractivity (Wildman–Crippen MR) is 92.1 cm³/mol. The number of aromatic nitrogens is 3. The quantitative estimate of drug-likeness (QED) is 0.696. The van der Waals surface area contributed by atoms with Crippen molar-refractivity contribution in [2.24, 2.45) is 0 Å². The molecule has 3 aromatic rings. The van der Waals surface area contributed by atoms with Crippen LogP contribution in [0.2, 0.25) is 0 Å². The number of hydrogen-bond acceptors (Lipinski definition) is 6. The number of carbonyl (C=O) groups is 1. The van der Waals surface area contributed by atoms with Gasteiger partial charge in [0.05, 0.1) is 20.8 Å². The average Bonchev–Trinajstić information content (AvgIpc) is 3.05. The molecule has 0 amide bonds. The van der Waals surface area contributed by atoms with Gasteiger partial charge in [0.15, 0.2) is 0 Å². The molecule has 8 heteroatoms. The number of carboxylic acids is 1. The van der Waals surface area contributed by atoms with E-state index in [0.717, 1.165) is 11.3 Å². The summed E-state index contributed by atoms with van der Waals surface area (Å²) in [5, 5.41) is 17.0. The second-order valence-electron chi connectivity index (χ2n) is 5.34. The minimum absolute atomic E-state index is 0.0431.